The van der Waals surface area contributed by atoms with Gasteiger partial charge in [0.1, 0.15) is 12.1 Å². The second-order valence-corrected chi connectivity index (χ2v) is 5.18. The molecule has 0 saturated carbocycles. The summed E-state index contributed by atoms with van der Waals surface area (Å²) in [6.45, 7) is 6.25. The third-order valence-corrected chi connectivity index (χ3v) is 2.74. The van der Waals surface area contributed by atoms with Gasteiger partial charge in [0.25, 0.3) is 0 Å². The van der Waals surface area contributed by atoms with Crippen LogP contribution in [-0.2, 0) is 10.2 Å². The van der Waals surface area contributed by atoms with E-state index >= 15 is 0 Å². The minimum atomic E-state index is -1.30. The van der Waals surface area contributed by atoms with E-state index in [2.05, 4.69) is 20.8 Å². The summed E-state index contributed by atoms with van der Waals surface area (Å²) in [5, 5.41) is 18.5. The molecule has 0 aliphatic heterocycles. The summed E-state index contributed by atoms with van der Waals surface area (Å²) >= 11 is 0. The number of aliphatic carboxylic acids is 1. The van der Waals surface area contributed by atoms with Gasteiger partial charge in [-0.05, 0) is 16.5 Å². The van der Waals surface area contributed by atoms with E-state index in [9.17, 15) is 9.90 Å². The molecule has 1 aromatic carbocycles. The van der Waals surface area contributed by atoms with Crippen molar-refractivity contribution in [1.29, 1.82) is 0 Å². The Morgan fingerprint density at radius 1 is 1.24 bits per heavy atom. The van der Waals surface area contributed by atoms with Gasteiger partial charge in [-0.25, -0.2) is 0 Å². The Hall–Kier alpha value is -1.39. The van der Waals surface area contributed by atoms with Gasteiger partial charge in [0, 0.05) is 0 Å². The number of hydrogen-bond acceptors (Lipinski definition) is 3. The molecule has 94 valence electrons. The van der Waals surface area contributed by atoms with Crippen molar-refractivity contribution in [3.8, 4) is 0 Å². The molecular weight excluding hydrogens is 218 g/mol. The molecule has 2 unspecified atom stereocenters. The Bertz CT molecular complexity index is 392. The number of rotatable bonds is 3. The molecule has 0 heterocycles. The highest BCUT2D eigenvalue weighted by Crippen LogP contribution is 2.24. The van der Waals surface area contributed by atoms with E-state index in [0.717, 1.165) is 5.56 Å². The van der Waals surface area contributed by atoms with Gasteiger partial charge in [-0.1, -0.05) is 45.0 Å². The van der Waals surface area contributed by atoms with Gasteiger partial charge < -0.3 is 15.9 Å². The predicted octanol–water partition coefficient (Wildman–Crippen LogP) is 1.43. The molecule has 17 heavy (non-hydrogen) atoms. The SMILES string of the molecule is CC(C)(C)c1ccc(C(O)C(N)C(=O)O)cc1. The molecule has 0 aliphatic rings. The van der Waals surface area contributed by atoms with E-state index in [1.807, 2.05) is 12.1 Å². The molecular formula is C13H19NO3. The number of carboxylic acids is 1. The highest BCUT2D eigenvalue weighted by atomic mass is 16.4. The van der Waals surface area contributed by atoms with E-state index in [1.165, 1.54) is 0 Å². The molecule has 1 rings (SSSR count). The molecule has 0 radical (unpaired) electrons. The molecule has 4 N–H and O–H groups in total. The van der Waals surface area contributed by atoms with Gasteiger partial charge in [0.05, 0.1) is 0 Å². The number of carbonyl (C=O) groups is 1. The zero-order valence-corrected chi connectivity index (χ0v) is 10.3. The summed E-state index contributed by atoms with van der Waals surface area (Å²) in [7, 11) is 0. The fourth-order valence-corrected chi connectivity index (χ4v) is 1.52. The molecule has 0 amide bonds. The van der Waals surface area contributed by atoms with Crippen LogP contribution in [0.1, 0.15) is 38.0 Å². The number of benzene rings is 1. The lowest BCUT2D eigenvalue weighted by molar-refractivity contribution is -0.141. The lowest BCUT2D eigenvalue weighted by Crippen LogP contribution is -2.36. The van der Waals surface area contributed by atoms with E-state index in [0.29, 0.717) is 5.56 Å². The van der Waals surface area contributed by atoms with Gasteiger partial charge in [0.15, 0.2) is 0 Å². The third kappa shape index (κ3) is 3.28. The molecule has 4 heteroatoms. The van der Waals surface area contributed by atoms with E-state index < -0.39 is 18.1 Å². The predicted molar refractivity (Wildman–Crippen MR) is 65.7 cm³/mol. The summed E-state index contributed by atoms with van der Waals surface area (Å²) < 4.78 is 0. The normalized spacial score (nSPS) is 15.4. The lowest BCUT2D eigenvalue weighted by atomic mass is 9.86. The van der Waals surface area contributed by atoms with E-state index in [4.69, 9.17) is 10.8 Å². The molecule has 0 saturated heterocycles. The number of hydrogen-bond donors (Lipinski definition) is 3. The lowest BCUT2D eigenvalue weighted by Gasteiger charge is -2.21. The number of aliphatic hydroxyl groups excluding tert-OH is 1. The Morgan fingerprint density at radius 3 is 2.06 bits per heavy atom. The van der Waals surface area contributed by atoms with Crippen LogP contribution >= 0.6 is 0 Å². The average Bonchev–Trinajstić information content (AvgIpc) is 2.26. The highest BCUT2D eigenvalue weighted by molar-refractivity contribution is 5.74. The monoisotopic (exact) mass is 237 g/mol. The minimum absolute atomic E-state index is 0.0262. The van der Waals surface area contributed by atoms with Crippen LogP contribution in [0.25, 0.3) is 0 Å². The summed E-state index contributed by atoms with van der Waals surface area (Å²) in [6.07, 6.45) is -1.18. The van der Waals surface area contributed by atoms with Crippen LogP contribution in [0.3, 0.4) is 0 Å². The van der Waals surface area contributed by atoms with E-state index in [1.54, 1.807) is 12.1 Å². The molecule has 2 atom stereocenters. The Labute approximate surface area is 101 Å². The van der Waals surface area contributed by atoms with Crippen LogP contribution in [0.15, 0.2) is 24.3 Å². The fraction of sp³-hybridized carbons (Fsp3) is 0.462. The molecule has 0 fully saturated rings. The van der Waals surface area contributed by atoms with E-state index in [-0.39, 0.29) is 5.41 Å². The van der Waals surface area contributed by atoms with Crippen LogP contribution in [0.4, 0.5) is 0 Å². The first-order chi connectivity index (χ1) is 7.73. The second kappa shape index (κ2) is 4.85. The third-order valence-electron chi connectivity index (χ3n) is 2.74. The Kier molecular flexibility index (Phi) is 3.91. The number of aliphatic hydroxyl groups is 1. The standard InChI is InChI=1S/C13H19NO3/c1-13(2,3)9-6-4-8(5-7-9)11(15)10(14)12(16)17/h4-7,10-11,15H,14H2,1-3H3,(H,16,17). The first-order valence-corrected chi connectivity index (χ1v) is 5.50. The van der Waals surface area contributed by atoms with Crippen molar-refractivity contribution in [3.63, 3.8) is 0 Å². The van der Waals surface area contributed by atoms with Crippen molar-refractivity contribution in [3.05, 3.63) is 35.4 Å². The molecule has 1 aromatic rings. The van der Waals surface area contributed by atoms with Crippen molar-refractivity contribution in [2.45, 2.75) is 38.3 Å². The first kappa shape index (κ1) is 13.7. The summed E-state index contributed by atoms with van der Waals surface area (Å²) in [6, 6.07) is 5.90. The summed E-state index contributed by atoms with van der Waals surface area (Å²) in [5.74, 6) is -1.21. The molecule has 0 aromatic heterocycles. The maximum absolute atomic E-state index is 10.7. The van der Waals surface area contributed by atoms with Crippen LogP contribution in [-0.4, -0.2) is 22.2 Å². The van der Waals surface area contributed by atoms with Gasteiger partial charge in [-0.2, -0.15) is 0 Å². The van der Waals surface area contributed by atoms with Crippen LogP contribution in [0, 0.1) is 0 Å². The largest absolute Gasteiger partial charge is 0.480 e. The molecule has 0 bridgehead atoms. The van der Waals surface area contributed by atoms with Gasteiger partial charge in [-0.3, -0.25) is 4.79 Å². The maximum Gasteiger partial charge on any atom is 0.323 e. The summed E-state index contributed by atoms with van der Waals surface area (Å²) in [4.78, 5) is 10.7. The van der Waals surface area contributed by atoms with Crippen molar-refractivity contribution in [2.75, 3.05) is 0 Å². The van der Waals surface area contributed by atoms with Crippen molar-refractivity contribution in [1.82, 2.24) is 0 Å². The van der Waals surface area contributed by atoms with Crippen LogP contribution in [0.2, 0.25) is 0 Å². The van der Waals surface area contributed by atoms with Gasteiger partial charge in [0.2, 0.25) is 0 Å². The molecule has 4 nitrogen and oxygen atoms in total. The van der Waals surface area contributed by atoms with Crippen molar-refractivity contribution < 1.29 is 15.0 Å². The number of carboxylic acid groups (broad SMARTS) is 1. The van der Waals surface area contributed by atoms with Gasteiger partial charge >= 0.3 is 5.97 Å². The van der Waals surface area contributed by atoms with Gasteiger partial charge in [-0.15, -0.1) is 0 Å². The Morgan fingerprint density at radius 2 is 1.71 bits per heavy atom. The molecule has 0 spiro atoms. The topological polar surface area (TPSA) is 83.5 Å². The van der Waals surface area contributed by atoms with Crippen molar-refractivity contribution in [2.24, 2.45) is 5.73 Å². The first-order valence-electron chi connectivity index (χ1n) is 5.50. The zero-order chi connectivity index (χ0) is 13.2. The number of nitrogens with two attached hydrogens (primary N) is 1. The highest BCUT2D eigenvalue weighted by Gasteiger charge is 2.23. The second-order valence-electron chi connectivity index (χ2n) is 5.18. The smallest absolute Gasteiger partial charge is 0.323 e. The van der Waals surface area contributed by atoms with Crippen LogP contribution < -0.4 is 5.73 Å². The Balaban J connectivity index is 2.92. The molecule has 0 aliphatic carbocycles. The van der Waals surface area contributed by atoms with Crippen molar-refractivity contribution >= 4 is 5.97 Å². The summed E-state index contributed by atoms with van der Waals surface area (Å²) in [5.41, 5.74) is 7.04. The maximum atomic E-state index is 10.7. The minimum Gasteiger partial charge on any atom is -0.480 e. The zero-order valence-electron chi connectivity index (χ0n) is 10.3. The quantitative estimate of drug-likeness (QED) is 0.742. The average molecular weight is 237 g/mol. The fourth-order valence-electron chi connectivity index (χ4n) is 1.52. The van der Waals surface area contributed by atoms with Crippen LogP contribution in [0.5, 0.6) is 0 Å².